The third kappa shape index (κ3) is 2.49. The van der Waals surface area contributed by atoms with Crippen LogP contribution in [0.15, 0.2) is 30.5 Å². The average molecular weight is 245 g/mol. The highest BCUT2D eigenvalue weighted by molar-refractivity contribution is 5.92. The molecule has 3 N–H and O–H groups in total. The summed E-state index contributed by atoms with van der Waals surface area (Å²) in [7, 11) is 0. The lowest BCUT2D eigenvalue weighted by Crippen LogP contribution is -2.42. The molecule has 1 aliphatic rings. The number of para-hydroxylation sites is 1. The first kappa shape index (κ1) is 11.6. The van der Waals surface area contributed by atoms with Gasteiger partial charge in [-0.15, -0.1) is 0 Å². The molecule has 0 radical (unpaired) electrons. The molecule has 3 rings (SSSR count). The fourth-order valence-electron chi connectivity index (χ4n) is 2.40. The van der Waals surface area contributed by atoms with Crippen molar-refractivity contribution < 1.29 is 4.74 Å². The number of aromatic nitrogens is 1. The monoisotopic (exact) mass is 245 g/mol. The molecule has 0 aliphatic carbocycles. The maximum Gasteiger partial charge on any atom is 0.0620 e. The van der Waals surface area contributed by atoms with Gasteiger partial charge in [0.05, 0.1) is 18.9 Å². The summed E-state index contributed by atoms with van der Waals surface area (Å²) < 4.78 is 5.44. The van der Waals surface area contributed by atoms with Crippen LogP contribution in [0, 0.1) is 0 Å². The number of ether oxygens (including phenoxy) is 1. The number of morpholine rings is 1. The average Bonchev–Trinajstić information content (AvgIpc) is 2.84. The summed E-state index contributed by atoms with van der Waals surface area (Å²) in [6.07, 6.45) is 3.12. The normalized spacial score (nSPS) is 20.1. The number of aromatic amines is 1. The fourth-order valence-corrected chi connectivity index (χ4v) is 2.40. The number of hydrogen-bond acceptors (Lipinski definition) is 3. The van der Waals surface area contributed by atoms with Gasteiger partial charge in [-0.1, -0.05) is 18.2 Å². The van der Waals surface area contributed by atoms with Gasteiger partial charge >= 0.3 is 0 Å². The molecule has 0 bridgehead atoms. The molecule has 4 nitrogen and oxygen atoms in total. The quantitative estimate of drug-likeness (QED) is 0.771. The molecule has 0 saturated carbocycles. The second-order valence-corrected chi connectivity index (χ2v) is 4.69. The van der Waals surface area contributed by atoms with E-state index in [0.29, 0.717) is 6.04 Å². The number of hydrogen-bond donors (Lipinski definition) is 3. The highest BCUT2D eigenvalue weighted by Gasteiger charge is 2.12. The largest absolute Gasteiger partial charge is 0.383 e. The van der Waals surface area contributed by atoms with Gasteiger partial charge in [-0.25, -0.2) is 0 Å². The van der Waals surface area contributed by atoms with Crippen molar-refractivity contribution in [3.05, 3.63) is 30.5 Å². The molecule has 1 fully saturated rings. The number of H-pyrrole nitrogens is 1. The van der Waals surface area contributed by atoms with Gasteiger partial charge in [-0.05, 0) is 12.5 Å². The van der Waals surface area contributed by atoms with Crippen molar-refractivity contribution in [2.75, 3.05) is 31.6 Å². The zero-order valence-electron chi connectivity index (χ0n) is 10.4. The molecule has 96 valence electrons. The topological polar surface area (TPSA) is 49.1 Å². The Morgan fingerprint density at radius 1 is 1.33 bits per heavy atom. The molecule has 2 heterocycles. The van der Waals surface area contributed by atoms with Gasteiger partial charge in [0.1, 0.15) is 0 Å². The number of fused-ring (bicyclic) bond motifs is 1. The Hall–Kier alpha value is -1.52. The van der Waals surface area contributed by atoms with Crippen LogP contribution in [0.2, 0.25) is 0 Å². The molecule has 1 aromatic heterocycles. The predicted molar refractivity (Wildman–Crippen MR) is 74.0 cm³/mol. The van der Waals surface area contributed by atoms with Crippen LogP contribution in [0.5, 0.6) is 0 Å². The van der Waals surface area contributed by atoms with E-state index in [0.717, 1.165) is 32.7 Å². The first-order valence-corrected chi connectivity index (χ1v) is 6.54. The van der Waals surface area contributed by atoms with E-state index >= 15 is 0 Å². The van der Waals surface area contributed by atoms with Gasteiger partial charge in [-0.3, -0.25) is 0 Å². The first-order chi connectivity index (χ1) is 8.93. The molecule has 2 aromatic rings. The second kappa shape index (κ2) is 5.42. The van der Waals surface area contributed by atoms with Gasteiger partial charge in [0.25, 0.3) is 0 Å². The Bertz CT molecular complexity index is 502. The van der Waals surface area contributed by atoms with E-state index in [1.54, 1.807) is 0 Å². The van der Waals surface area contributed by atoms with Crippen LogP contribution in [-0.4, -0.2) is 37.3 Å². The Balaban J connectivity index is 1.56. The van der Waals surface area contributed by atoms with Crippen molar-refractivity contribution in [2.24, 2.45) is 0 Å². The molecule has 4 heteroatoms. The molecule has 0 spiro atoms. The number of anilines is 1. The molecule has 18 heavy (non-hydrogen) atoms. The van der Waals surface area contributed by atoms with Gasteiger partial charge in [-0.2, -0.15) is 0 Å². The van der Waals surface area contributed by atoms with Crippen molar-refractivity contribution in [3.8, 4) is 0 Å². The minimum atomic E-state index is 0.483. The van der Waals surface area contributed by atoms with E-state index in [1.165, 1.54) is 16.6 Å². The van der Waals surface area contributed by atoms with Crippen molar-refractivity contribution in [1.29, 1.82) is 0 Å². The van der Waals surface area contributed by atoms with Crippen LogP contribution >= 0.6 is 0 Å². The molecule has 0 amide bonds. The third-order valence-electron chi connectivity index (χ3n) is 3.40. The molecule has 1 saturated heterocycles. The Labute approximate surface area is 107 Å². The summed E-state index contributed by atoms with van der Waals surface area (Å²) in [5.41, 5.74) is 2.36. The molecular formula is C14H19N3O. The summed E-state index contributed by atoms with van der Waals surface area (Å²) in [5.74, 6) is 0. The van der Waals surface area contributed by atoms with Crippen molar-refractivity contribution in [2.45, 2.75) is 12.5 Å². The lowest BCUT2D eigenvalue weighted by atomic mass is 10.2. The second-order valence-electron chi connectivity index (χ2n) is 4.69. The SMILES string of the molecule is c1ccc2c(NCCC3COCCN3)c[nH]c2c1. The third-order valence-corrected chi connectivity index (χ3v) is 3.40. The van der Waals surface area contributed by atoms with E-state index in [-0.39, 0.29) is 0 Å². The molecule has 1 atom stereocenters. The summed E-state index contributed by atoms with van der Waals surface area (Å²) in [6.45, 7) is 3.60. The summed E-state index contributed by atoms with van der Waals surface area (Å²) in [4.78, 5) is 3.27. The van der Waals surface area contributed by atoms with Crippen molar-refractivity contribution >= 4 is 16.6 Å². The van der Waals surface area contributed by atoms with E-state index in [9.17, 15) is 0 Å². The van der Waals surface area contributed by atoms with Crippen LogP contribution < -0.4 is 10.6 Å². The van der Waals surface area contributed by atoms with Gasteiger partial charge < -0.3 is 20.4 Å². The predicted octanol–water partition coefficient (Wildman–Crippen LogP) is 1.96. The maximum atomic E-state index is 5.44. The van der Waals surface area contributed by atoms with Crippen LogP contribution in [0.25, 0.3) is 10.9 Å². The number of nitrogens with one attached hydrogen (secondary N) is 3. The van der Waals surface area contributed by atoms with E-state index in [4.69, 9.17) is 4.74 Å². The smallest absolute Gasteiger partial charge is 0.0620 e. The van der Waals surface area contributed by atoms with Crippen LogP contribution in [0.4, 0.5) is 5.69 Å². The van der Waals surface area contributed by atoms with E-state index in [1.807, 2.05) is 12.3 Å². The Morgan fingerprint density at radius 2 is 2.28 bits per heavy atom. The highest BCUT2D eigenvalue weighted by Crippen LogP contribution is 2.22. The number of rotatable bonds is 4. The van der Waals surface area contributed by atoms with Crippen molar-refractivity contribution in [3.63, 3.8) is 0 Å². The van der Waals surface area contributed by atoms with Crippen LogP contribution in [-0.2, 0) is 4.74 Å². The molecule has 1 unspecified atom stereocenters. The lowest BCUT2D eigenvalue weighted by molar-refractivity contribution is 0.0753. The van der Waals surface area contributed by atoms with Crippen LogP contribution in [0.3, 0.4) is 0 Å². The van der Waals surface area contributed by atoms with E-state index in [2.05, 4.69) is 33.8 Å². The maximum absolute atomic E-state index is 5.44. The lowest BCUT2D eigenvalue weighted by Gasteiger charge is -2.23. The minimum absolute atomic E-state index is 0.483. The molecular weight excluding hydrogens is 226 g/mol. The zero-order chi connectivity index (χ0) is 12.2. The Morgan fingerprint density at radius 3 is 3.17 bits per heavy atom. The molecule has 1 aromatic carbocycles. The summed E-state index contributed by atoms with van der Waals surface area (Å²) in [5, 5.41) is 8.21. The van der Waals surface area contributed by atoms with Crippen molar-refractivity contribution in [1.82, 2.24) is 10.3 Å². The fraction of sp³-hybridized carbons (Fsp3) is 0.429. The highest BCUT2D eigenvalue weighted by atomic mass is 16.5. The Kier molecular flexibility index (Phi) is 3.48. The van der Waals surface area contributed by atoms with Gasteiger partial charge in [0, 0.05) is 36.2 Å². The van der Waals surface area contributed by atoms with E-state index < -0.39 is 0 Å². The zero-order valence-corrected chi connectivity index (χ0v) is 10.4. The minimum Gasteiger partial charge on any atom is -0.383 e. The standard InChI is InChI=1S/C14H19N3O/c1-2-4-13-12(3-1)14(9-17-13)16-6-5-11-10-18-8-7-15-11/h1-4,9,11,15-17H,5-8,10H2. The molecule has 1 aliphatic heterocycles. The summed E-state index contributed by atoms with van der Waals surface area (Å²) >= 11 is 0. The van der Waals surface area contributed by atoms with Crippen LogP contribution in [0.1, 0.15) is 6.42 Å². The van der Waals surface area contributed by atoms with Gasteiger partial charge in [0.15, 0.2) is 0 Å². The van der Waals surface area contributed by atoms with Gasteiger partial charge in [0.2, 0.25) is 0 Å². The number of benzene rings is 1. The summed E-state index contributed by atoms with van der Waals surface area (Å²) in [6, 6.07) is 8.83. The first-order valence-electron chi connectivity index (χ1n) is 6.54.